The van der Waals surface area contributed by atoms with E-state index in [2.05, 4.69) is 15.9 Å². The van der Waals surface area contributed by atoms with Gasteiger partial charge < -0.3 is 4.74 Å². The molecule has 1 unspecified atom stereocenters. The van der Waals surface area contributed by atoms with Gasteiger partial charge >= 0.3 is 0 Å². The molecule has 0 bridgehead atoms. The molecule has 1 atom stereocenters. The first-order chi connectivity index (χ1) is 9.52. The third-order valence-electron chi connectivity index (χ3n) is 2.78. The van der Waals surface area contributed by atoms with Crippen molar-refractivity contribution in [1.29, 1.82) is 0 Å². The molecule has 106 valence electrons. The first-order valence-electron chi connectivity index (χ1n) is 6.04. The first-order valence-corrected chi connectivity index (χ1v) is 7.65. The molecule has 1 nitrogen and oxygen atoms in total. The molecule has 0 saturated carbocycles. The van der Waals surface area contributed by atoms with E-state index >= 15 is 0 Å². The summed E-state index contributed by atoms with van der Waals surface area (Å²) in [6, 6.07) is 9.79. The third-order valence-corrected chi connectivity index (χ3v) is 4.07. The van der Waals surface area contributed by atoms with Crippen LogP contribution in [0.1, 0.15) is 23.4 Å². The van der Waals surface area contributed by atoms with Gasteiger partial charge in [-0.25, -0.2) is 4.39 Å². The summed E-state index contributed by atoms with van der Waals surface area (Å²) in [5, 5.41) is -0.213. The standard InChI is InChI=1S/C15H12BrCl2FO/c1-2-20-14-6-3-9(16)7-12(14)15(18)11-5-4-10(19)8-13(11)17/h3-8,15H,2H2,1H3. The van der Waals surface area contributed by atoms with E-state index in [1.807, 2.05) is 25.1 Å². The molecule has 2 aromatic rings. The Morgan fingerprint density at radius 1 is 1.20 bits per heavy atom. The van der Waals surface area contributed by atoms with Gasteiger partial charge in [0, 0.05) is 15.1 Å². The molecule has 0 fully saturated rings. The van der Waals surface area contributed by atoms with Crippen LogP contribution in [-0.2, 0) is 0 Å². The molecule has 2 aromatic carbocycles. The average Bonchev–Trinajstić information content (AvgIpc) is 2.40. The lowest BCUT2D eigenvalue weighted by atomic mass is 10.0. The lowest BCUT2D eigenvalue weighted by Gasteiger charge is -2.17. The fourth-order valence-corrected chi connectivity index (χ4v) is 2.95. The van der Waals surface area contributed by atoms with Gasteiger partial charge in [-0.05, 0) is 42.8 Å². The van der Waals surface area contributed by atoms with E-state index in [1.54, 1.807) is 6.07 Å². The van der Waals surface area contributed by atoms with Crippen molar-refractivity contribution in [3.8, 4) is 5.75 Å². The van der Waals surface area contributed by atoms with Crippen LogP contribution < -0.4 is 4.74 Å². The van der Waals surface area contributed by atoms with Crippen molar-refractivity contribution in [2.45, 2.75) is 12.3 Å². The minimum absolute atomic E-state index is 0.299. The molecule has 0 saturated heterocycles. The highest BCUT2D eigenvalue weighted by Crippen LogP contribution is 2.39. The number of halogens is 4. The predicted molar refractivity (Wildman–Crippen MR) is 84.4 cm³/mol. The second-order valence-electron chi connectivity index (χ2n) is 4.14. The fraction of sp³-hybridized carbons (Fsp3) is 0.200. The molecule has 0 spiro atoms. The highest BCUT2D eigenvalue weighted by Gasteiger charge is 2.19. The van der Waals surface area contributed by atoms with Gasteiger partial charge in [-0.2, -0.15) is 0 Å². The topological polar surface area (TPSA) is 9.23 Å². The molecule has 5 heteroatoms. The van der Waals surface area contributed by atoms with E-state index in [9.17, 15) is 4.39 Å². The first kappa shape index (κ1) is 15.6. The monoisotopic (exact) mass is 376 g/mol. The molecule has 0 N–H and O–H groups in total. The maximum Gasteiger partial charge on any atom is 0.124 e. The normalized spacial score (nSPS) is 12.2. The second-order valence-corrected chi connectivity index (χ2v) is 5.90. The van der Waals surface area contributed by atoms with Crippen LogP contribution in [0.5, 0.6) is 5.75 Å². The number of benzene rings is 2. The van der Waals surface area contributed by atoms with Gasteiger partial charge in [0.05, 0.1) is 12.0 Å². The van der Waals surface area contributed by atoms with Crippen LogP contribution in [0.3, 0.4) is 0 Å². The zero-order chi connectivity index (χ0) is 14.7. The van der Waals surface area contributed by atoms with E-state index < -0.39 is 5.38 Å². The summed E-state index contributed by atoms with van der Waals surface area (Å²) in [5.41, 5.74) is 1.44. The summed E-state index contributed by atoms with van der Waals surface area (Å²) >= 11 is 16.0. The Morgan fingerprint density at radius 3 is 2.60 bits per heavy atom. The fourth-order valence-electron chi connectivity index (χ4n) is 1.88. The van der Waals surface area contributed by atoms with Crippen LogP contribution >= 0.6 is 39.1 Å². The van der Waals surface area contributed by atoms with Crippen LogP contribution in [0.2, 0.25) is 5.02 Å². The molecule has 20 heavy (non-hydrogen) atoms. The van der Waals surface area contributed by atoms with Crippen LogP contribution in [0.25, 0.3) is 0 Å². The maximum atomic E-state index is 13.1. The van der Waals surface area contributed by atoms with Gasteiger partial charge in [0.1, 0.15) is 11.6 Å². The largest absolute Gasteiger partial charge is 0.494 e. The van der Waals surface area contributed by atoms with Gasteiger partial charge in [0.25, 0.3) is 0 Å². The van der Waals surface area contributed by atoms with E-state index in [0.29, 0.717) is 22.9 Å². The van der Waals surface area contributed by atoms with Crippen molar-refractivity contribution in [2.75, 3.05) is 6.61 Å². The summed E-state index contributed by atoms with van der Waals surface area (Å²) in [6.45, 7) is 2.44. The molecular weight excluding hydrogens is 366 g/mol. The van der Waals surface area contributed by atoms with Crippen molar-refractivity contribution in [2.24, 2.45) is 0 Å². The van der Waals surface area contributed by atoms with Gasteiger partial charge in [0.15, 0.2) is 0 Å². The van der Waals surface area contributed by atoms with Crippen LogP contribution in [-0.4, -0.2) is 6.61 Å². The van der Waals surface area contributed by atoms with Crippen LogP contribution in [0, 0.1) is 5.82 Å². The second kappa shape index (κ2) is 6.79. The number of rotatable bonds is 4. The van der Waals surface area contributed by atoms with Crippen LogP contribution in [0.15, 0.2) is 40.9 Å². The van der Waals surface area contributed by atoms with Crippen molar-refractivity contribution < 1.29 is 9.13 Å². The Labute approximate surface area is 135 Å². The summed E-state index contributed by atoms with van der Waals surface area (Å²) < 4.78 is 19.6. The molecule has 0 heterocycles. The summed E-state index contributed by atoms with van der Waals surface area (Å²) in [5.74, 6) is 0.304. The van der Waals surface area contributed by atoms with Gasteiger partial charge in [-0.1, -0.05) is 33.6 Å². The van der Waals surface area contributed by atoms with Gasteiger partial charge in [-0.3, -0.25) is 0 Å². The van der Waals surface area contributed by atoms with Gasteiger partial charge in [-0.15, -0.1) is 11.6 Å². The minimum atomic E-state index is -0.512. The Kier molecular flexibility index (Phi) is 5.30. The third kappa shape index (κ3) is 3.46. The molecule has 0 aliphatic carbocycles. The Hall–Kier alpha value is -0.770. The number of ether oxygens (including phenoxy) is 1. The van der Waals surface area contributed by atoms with E-state index in [1.165, 1.54) is 12.1 Å². The quantitative estimate of drug-likeness (QED) is 0.596. The SMILES string of the molecule is CCOc1ccc(Br)cc1C(Cl)c1ccc(F)cc1Cl. The van der Waals surface area contributed by atoms with E-state index in [4.69, 9.17) is 27.9 Å². The maximum absolute atomic E-state index is 13.1. The highest BCUT2D eigenvalue weighted by molar-refractivity contribution is 9.10. The molecule has 2 rings (SSSR count). The number of hydrogen-bond acceptors (Lipinski definition) is 1. The molecule has 0 aromatic heterocycles. The lowest BCUT2D eigenvalue weighted by molar-refractivity contribution is 0.337. The Bertz CT molecular complexity index is 619. The predicted octanol–water partition coefficient (Wildman–Crippen LogP) is 5.97. The summed E-state index contributed by atoms with van der Waals surface area (Å²) in [7, 11) is 0. The molecule has 0 radical (unpaired) electrons. The molecular formula is C15H12BrCl2FO. The van der Waals surface area contributed by atoms with Crippen molar-refractivity contribution in [3.63, 3.8) is 0 Å². The number of alkyl halides is 1. The lowest BCUT2D eigenvalue weighted by Crippen LogP contribution is -2.01. The van der Waals surface area contributed by atoms with E-state index in [0.717, 1.165) is 10.0 Å². The zero-order valence-electron chi connectivity index (χ0n) is 10.7. The Morgan fingerprint density at radius 2 is 1.95 bits per heavy atom. The molecule has 0 aliphatic heterocycles. The zero-order valence-corrected chi connectivity index (χ0v) is 13.8. The van der Waals surface area contributed by atoms with Crippen molar-refractivity contribution in [3.05, 3.63) is 62.8 Å². The minimum Gasteiger partial charge on any atom is -0.494 e. The summed E-state index contributed by atoms with van der Waals surface area (Å²) in [4.78, 5) is 0. The van der Waals surface area contributed by atoms with E-state index in [-0.39, 0.29) is 5.82 Å². The van der Waals surface area contributed by atoms with Crippen molar-refractivity contribution in [1.82, 2.24) is 0 Å². The summed E-state index contributed by atoms with van der Waals surface area (Å²) in [6.07, 6.45) is 0. The average molecular weight is 378 g/mol. The number of hydrogen-bond donors (Lipinski definition) is 0. The van der Waals surface area contributed by atoms with Crippen molar-refractivity contribution >= 4 is 39.1 Å². The van der Waals surface area contributed by atoms with Crippen LogP contribution in [0.4, 0.5) is 4.39 Å². The van der Waals surface area contributed by atoms with Gasteiger partial charge in [0.2, 0.25) is 0 Å². The highest BCUT2D eigenvalue weighted by atomic mass is 79.9. The Balaban J connectivity index is 2.46. The molecule has 0 aliphatic rings. The molecule has 0 amide bonds. The smallest absolute Gasteiger partial charge is 0.124 e.